The number of benzene rings is 2. The van der Waals surface area contributed by atoms with Crippen molar-refractivity contribution in [1.82, 2.24) is 0 Å². The van der Waals surface area contributed by atoms with Crippen molar-refractivity contribution >= 4 is 18.5 Å². The second-order valence-corrected chi connectivity index (χ2v) is 9.07. The lowest BCUT2D eigenvalue weighted by atomic mass is 9.86. The molecule has 124 valence electrons. The van der Waals surface area contributed by atoms with Crippen molar-refractivity contribution in [2.45, 2.75) is 19.8 Å². The molecular weight excluding hydrogens is 311 g/mol. The van der Waals surface area contributed by atoms with Crippen LogP contribution < -0.4 is 10.6 Å². The Bertz CT molecular complexity index is 666. The molecule has 1 N–H and O–H groups in total. The summed E-state index contributed by atoms with van der Waals surface area (Å²) in [6.45, 7) is 2.45. The fraction of sp³-hybridized carbons (Fsp3) is 0.273. The molecule has 2 aromatic rings. The van der Waals surface area contributed by atoms with Gasteiger partial charge in [-0.1, -0.05) is 91.4 Å². The Labute approximate surface area is 146 Å². The molecule has 0 radical (unpaired) electrons. The minimum absolute atomic E-state index is 0.0881. The second kappa shape index (κ2) is 7.92. The van der Waals surface area contributed by atoms with Gasteiger partial charge in [0.15, 0.2) is 0 Å². The molecule has 0 saturated carbocycles. The van der Waals surface area contributed by atoms with Crippen LogP contribution in [0.4, 0.5) is 0 Å². The van der Waals surface area contributed by atoms with Crippen LogP contribution in [-0.4, -0.2) is 17.9 Å². The van der Waals surface area contributed by atoms with E-state index in [2.05, 4.69) is 85.8 Å². The van der Waals surface area contributed by atoms with Crippen molar-refractivity contribution in [3.8, 4) is 0 Å². The van der Waals surface area contributed by atoms with E-state index in [1.54, 1.807) is 0 Å². The number of rotatable bonds is 7. The molecule has 3 rings (SSSR count). The lowest BCUT2D eigenvalue weighted by molar-refractivity contribution is 0.162. The third kappa shape index (κ3) is 4.23. The molecule has 0 aromatic heterocycles. The average Bonchev–Trinajstić information content (AvgIpc) is 3.14. The van der Waals surface area contributed by atoms with Crippen molar-refractivity contribution in [3.05, 3.63) is 84.5 Å². The van der Waals surface area contributed by atoms with Gasteiger partial charge in [0, 0.05) is 6.61 Å². The topological polar surface area (TPSA) is 20.2 Å². The minimum atomic E-state index is -0.473. The second-order valence-electron chi connectivity index (χ2n) is 6.86. The monoisotopic (exact) mass is 336 g/mol. The third-order valence-corrected chi connectivity index (χ3v) is 7.48. The van der Waals surface area contributed by atoms with Crippen molar-refractivity contribution in [3.63, 3.8) is 0 Å². The fourth-order valence-corrected chi connectivity index (χ4v) is 5.96. The van der Waals surface area contributed by atoms with Crippen LogP contribution in [0.5, 0.6) is 0 Å². The quantitative estimate of drug-likeness (QED) is 0.743. The van der Waals surface area contributed by atoms with Crippen LogP contribution >= 0.6 is 7.92 Å². The predicted molar refractivity (Wildman–Crippen MR) is 106 cm³/mol. The van der Waals surface area contributed by atoms with Crippen LogP contribution in [0.3, 0.4) is 0 Å². The molecule has 2 heteroatoms. The van der Waals surface area contributed by atoms with E-state index in [1.807, 2.05) is 0 Å². The van der Waals surface area contributed by atoms with Gasteiger partial charge in [-0.2, -0.15) is 0 Å². The first-order valence-corrected chi connectivity index (χ1v) is 10.1. The van der Waals surface area contributed by atoms with Gasteiger partial charge in [-0.05, 0) is 42.9 Å². The fourth-order valence-electron chi connectivity index (χ4n) is 3.26. The van der Waals surface area contributed by atoms with Crippen molar-refractivity contribution in [2.75, 3.05) is 12.8 Å². The zero-order chi connectivity index (χ0) is 16.8. The summed E-state index contributed by atoms with van der Waals surface area (Å²) in [6.07, 6.45) is 9.54. The van der Waals surface area contributed by atoms with Crippen LogP contribution in [0, 0.1) is 5.41 Å². The summed E-state index contributed by atoms with van der Waals surface area (Å²) >= 11 is 0. The smallest absolute Gasteiger partial charge is 0.0491 e. The Morgan fingerprint density at radius 2 is 1.54 bits per heavy atom. The van der Waals surface area contributed by atoms with E-state index in [4.69, 9.17) is 0 Å². The van der Waals surface area contributed by atoms with Crippen LogP contribution in [0.1, 0.15) is 19.8 Å². The first kappa shape index (κ1) is 17.1. The third-order valence-electron chi connectivity index (χ3n) is 4.56. The highest BCUT2D eigenvalue weighted by atomic mass is 31.1. The van der Waals surface area contributed by atoms with E-state index in [0.717, 1.165) is 19.0 Å². The standard InChI is InChI=1S/C22H25OP/c1-22(17-23,16-19-10-8-9-11-19)18-24(20-12-4-2-5-13-20)21-14-6-3-7-15-21/h2-10,12-15,23H,11,16-18H2,1H3. The lowest BCUT2D eigenvalue weighted by Crippen LogP contribution is -2.30. The number of hydrogen-bond donors (Lipinski definition) is 1. The van der Waals surface area contributed by atoms with Gasteiger partial charge < -0.3 is 5.11 Å². The molecule has 2 aromatic carbocycles. The van der Waals surface area contributed by atoms with Crippen LogP contribution in [0.25, 0.3) is 0 Å². The molecule has 1 atom stereocenters. The summed E-state index contributed by atoms with van der Waals surface area (Å²) in [5.41, 5.74) is 1.34. The number of allylic oxidation sites excluding steroid dienone is 4. The van der Waals surface area contributed by atoms with Gasteiger partial charge in [0.25, 0.3) is 0 Å². The van der Waals surface area contributed by atoms with Gasteiger partial charge in [0.2, 0.25) is 0 Å². The first-order valence-electron chi connectivity index (χ1n) is 8.53. The highest BCUT2D eigenvalue weighted by Crippen LogP contribution is 2.43. The Morgan fingerprint density at radius 1 is 0.958 bits per heavy atom. The number of hydrogen-bond acceptors (Lipinski definition) is 1. The summed E-state index contributed by atoms with van der Waals surface area (Å²) < 4.78 is 0. The summed E-state index contributed by atoms with van der Waals surface area (Å²) in [6, 6.07) is 21.5. The van der Waals surface area contributed by atoms with Crippen LogP contribution in [-0.2, 0) is 0 Å². The molecule has 0 amide bonds. The molecule has 1 unspecified atom stereocenters. The number of aliphatic hydroxyl groups is 1. The summed E-state index contributed by atoms with van der Waals surface area (Å²) in [5.74, 6) is 0. The molecule has 1 nitrogen and oxygen atoms in total. The van der Waals surface area contributed by atoms with Gasteiger partial charge in [-0.3, -0.25) is 0 Å². The van der Waals surface area contributed by atoms with E-state index in [0.29, 0.717) is 0 Å². The maximum absolute atomic E-state index is 10.2. The molecule has 0 heterocycles. The molecule has 0 aliphatic heterocycles. The van der Waals surface area contributed by atoms with E-state index in [-0.39, 0.29) is 12.0 Å². The Balaban J connectivity index is 1.87. The number of aliphatic hydroxyl groups excluding tert-OH is 1. The Kier molecular flexibility index (Phi) is 5.66. The van der Waals surface area contributed by atoms with E-state index < -0.39 is 7.92 Å². The van der Waals surface area contributed by atoms with Crippen LogP contribution in [0.2, 0.25) is 0 Å². The zero-order valence-corrected chi connectivity index (χ0v) is 15.1. The van der Waals surface area contributed by atoms with Crippen LogP contribution in [0.15, 0.2) is 84.5 Å². The Morgan fingerprint density at radius 3 is 2.00 bits per heavy atom. The van der Waals surface area contributed by atoms with Crippen molar-refractivity contribution in [2.24, 2.45) is 5.41 Å². The SMILES string of the molecule is CC(CO)(CC1=CC=CC1)CP(c1ccccc1)c1ccccc1. The van der Waals surface area contributed by atoms with E-state index in [9.17, 15) is 5.11 Å². The Hall–Kier alpha value is -1.69. The van der Waals surface area contributed by atoms with Crippen molar-refractivity contribution in [1.29, 1.82) is 0 Å². The average molecular weight is 336 g/mol. The highest BCUT2D eigenvalue weighted by molar-refractivity contribution is 7.73. The predicted octanol–water partition coefficient (Wildman–Crippen LogP) is 4.39. The summed E-state index contributed by atoms with van der Waals surface area (Å²) in [4.78, 5) is 0. The highest BCUT2D eigenvalue weighted by Gasteiger charge is 2.30. The normalized spacial score (nSPS) is 16.2. The van der Waals surface area contributed by atoms with Crippen molar-refractivity contribution < 1.29 is 5.11 Å². The minimum Gasteiger partial charge on any atom is -0.396 e. The molecular formula is C22H25OP. The van der Waals surface area contributed by atoms with Gasteiger partial charge in [0.1, 0.15) is 0 Å². The molecule has 0 spiro atoms. The van der Waals surface area contributed by atoms with Gasteiger partial charge in [-0.25, -0.2) is 0 Å². The first-order chi connectivity index (χ1) is 11.7. The molecule has 1 aliphatic carbocycles. The van der Waals surface area contributed by atoms with Gasteiger partial charge >= 0.3 is 0 Å². The van der Waals surface area contributed by atoms with Gasteiger partial charge in [-0.15, -0.1) is 0 Å². The molecule has 1 aliphatic rings. The zero-order valence-electron chi connectivity index (χ0n) is 14.2. The summed E-state index contributed by atoms with van der Waals surface area (Å²) in [5, 5.41) is 12.9. The lowest BCUT2D eigenvalue weighted by Gasteiger charge is -2.33. The molecule has 0 saturated heterocycles. The summed E-state index contributed by atoms with van der Waals surface area (Å²) in [7, 11) is -0.473. The molecule has 0 bridgehead atoms. The maximum atomic E-state index is 10.2. The molecule has 24 heavy (non-hydrogen) atoms. The maximum Gasteiger partial charge on any atom is 0.0491 e. The largest absolute Gasteiger partial charge is 0.396 e. The van der Waals surface area contributed by atoms with Gasteiger partial charge in [0.05, 0.1) is 0 Å². The van der Waals surface area contributed by atoms with E-state index in [1.165, 1.54) is 16.2 Å². The molecule has 0 fully saturated rings. The van der Waals surface area contributed by atoms with E-state index >= 15 is 0 Å².